The first-order valence-corrected chi connectivity index (χ1v) is 6.63. The number of fused-ring (bicyclic) bond motifs is 1. The highest BCUT2D eigenvalue weighted by Gasteiger charge is 2.25. The van der Waals surface area contributed by atoms with Gasteiger partial charge in [-0.1, -0.05) is 18.2 Å². The van der Waals surface area contributed by atoms with Crippen LogP contribution in [0.3, 0.4) is 0 Å². The Morgan fingerprint density at radius 3 is 2.84 bits per heavy atom. The number of aryl methyl sites for hydroxylation is 2. The molecule has 19 heavy (non-hydrogen) atoms. The minimum atomic E-state index is 0.420. The molecule has 1 aliphatic heterocycles. The lowest BCUT2D eigenvalue weighted by molar-refractivity contribution is 0.612. The van der Waals surface area contributed by atoms with Crippen LogP contribution in [0.15, 0.2) is 30.3 Å². The summed E-state index contributed by atoms with van der Waals surface area (Å²) in [5, 5.41) is 0. The highest BCUT2D eigenvalue weighted by atomic mass is 15.2. The first-order chi connectivity index (χ1) is 9.15. The van der Waals surface area contributed by atoms with E-state index in [-0.39, 0.29) is 0 Å². The highest BCUT2D eigenvalue weighted by Crippen LogP contribution is 2.35. The van der Waals surface area contributed by atoms with E-state index in [1.807, 2.05) is 13.0 Å². The van der Waals surface area contributed by atoms with Gasteiger partial charge in [-0.2, -0.15) is 0 Å². The van der Waals surface area contributed by atoms with E-state index in [0.29, 0.717) is 17.7 Å². The summed E-state index contributed by atoms with van der Waals surface area (Å²) in [4.78, 5) is 11.0. The molecule has 0 radical (unpaired) electrons. The van der Waals surface area contributed by atoms with Crippen molar-refractivity contribution in [1.29, 1.82) is 0 Å². The molecule has 0 saturated heterocycles. The third kappa shape index (κ3) is 2.14. The van der Waals surface area contributed by atoms with Gasteiger partial charge in [-0.05, 0) is 38.3 Å². The lowest BCUT2D eigenvalue weighted by Gasteiger charge is -2.36. The predicted molar refractivity (Wildman–Crippen MR) is 77.5 cm³/mol. The number of rotatable bonds is 1. The number of benzene rings is 1. The third-order valence-electron chi connectivity index (χ3n) is 3.61. The normalized spacial score (nSPS) is 18.2. The third-order valence-corrected chi connectivity index (χ3v) is 3.61. The van der Waals surface area contributed by atoms with Crippen molar-refractivity contribution in [2.24, 2.45) is 0 Å². The van der Waals surface area contributed by atoms with Gasteiger partial charge in [-0.15, -0.1) is 0 Å². The first kappa shape index (κ1) is 12.0. The Bertz CT molecular complexity index is 589. The van der Waals surface area contributed by atoms with Gasteiger partial charge in [0.1, 0.15) is 17.5 Å². The summed E-state index contributed by atoms with van der Waals surface area (Å²) < 4.78 is 0. The van der Waals surface area contributed by atoms with Crippen LogP contribution in [0.2, 0.25) is 0 Å². The molecule has 1 aromatic carbocycles. The summed E-state index contributed by atoms with van der Waals surface area (Å²) in [6.45, 7) is 4.10. The summed E-state index contributed by atoms with van der Waals surface area (Å²) in [6, 6.07) is 10.8. The van der Waals surface area contributed by atoms with Crippen molar-refractivity contribution in [3.8, 4) is 0 Å². The van der Waals surface area contributed by atoms with E-state index in [4.69, 9.17) is 5.73 Å². The number of hydrogen-bond donors (Lipinski definition) is 1. The fourth-order valence-corrected chi connectivity index (χ4v) is 2.74. The average Bonchev–Trinajstić information content (AvgIpc) is 2.37. The van der Waals surface area contributed by atoms with Crippen LogP contribution in [0.1, 0.15) is 24.7 Å². The molecule has 2 heterocycles. The maximum atomic E-state index is 5.85. The Kier molecular flexibility index (Phi) is 2.85. The first-order valence-electron chi connectivity index (χ1n) is 6.63. The lowest BCUT2D eigenvalue weighted by Crippen LogP contribution is -2.34. The lowest BCUT2D eigenvalue weighted by atomic mass is 9.96. The Labute approximate surface area is 113 Å². The molecule has 1 aliphatic rings. The molecule has 0 amide bonds. The highest BCUT2D eigenvalue weighted by molar-refractivity contribution is 5.67. The van der Waals surface area contributed by atoms with Crippen LogP contribution >= 0.6 is 0 Å². The Morgan fingerprint density at radius 2 is 2.05 bits per heavy atom. The number of nitrogens with zero attached hydrogens (tertiary/aromatic N) is 3. The molecule has 98 valence electrons. The summed E-state index contributed by atoms with van der Waals surface area (Å²) >= 11 is 0. The van der Waals surface area contributed by atoms with Crippen molar-refractivity contribution in [2.45, 2.75) is 32.7 Å². The molecule has 0 saturated carbocycles. The molecule has 1 unspecified atom stereocenters. The minimum absolute atomic E-state index is 0.420. The molecule has 1 aromatic heterocycles. The maximum absolute atomic E-state index is 5.85. The molecule has 0 bridgehead atoms. The summed E-state index contributed by atoms with van der Waals surface area (Å²) in [5.74, 6) is 2.13. The molecule has 3 rings (SSSR count). The average molecular weight is 254 g/mol. The molecular formula is C15H18N4. The smallest absolute Gasteiger partial charge is 0.139 e. The van der Waals surface area contributed by atoms with Crippen LogP contribution < -0.4 is 10.6 Å². The standard InChI is InChI=1S/C15H18N4/c1-10-7-8-12-5-3-4-6-13(12)19(10)15-9-14(16)17-11(2)18-15/h3-6,9-10H,7-8H2,1-2H3,(H2,16,17,18). The summed E-state index contributed by atoms with van der Waals surface area (Å²) in [6.07, 6.45) is 2.24. The number of para-hydroxylation sites is 1. The molecule has 2 N–H and O–H groups in total. The second-order valence-corrected chi connectivity index (χ2v) is 5.08. The second kappa shape index (κ2) is 4.53. The van der Waals surface area contributed by atoms with E-state index >= 15 is 0 Å². The van der Waals surface area contributed by atoms with Crippen LogP contribution in [0.4, 0.5) is 17.3 Å². The van der Waals surface area contributed by atoms with Crippen LogP contribution in [0, 0.1) is 6.92 Å². The van der Waals surface area contributed by atoms with Gasteiger partial charge in [0.05, 0.1) is 0 Å². The fraction of sp³-hybridized carbons (Fsp3) is 0.333. The quantitative estimate of drug-likeness (QED) is 0.850. The second-order valence-electron chi connectivity index (χ2n) is 5.08. The van der Waals surface area contributed by atoms with Gasteiger partial charge in [0.2, 0.25) is 0 Å². The zero-order valence-corrected chi connectivity index (χ0v) is 11.3. The number of aromatic nitrogens is 2. The van der Waals surface area contributed by atoms with Crippen molar-refractivity contribution in [1.82, 2.24) is 9.97 Å². The van der Waals surface area contributed by atoms with E-state index in [1.54, 1.807) is 0 Å². The van der Waals surface area contributed by atoms with Crippen molar-refractivity contribution in [3.63, 3.8) is 0 Å². The fourth-order valence-electron chi connectivity index (χ4n) is 2.74. The summed E-state index contributed by atoms with van der Waals surface area (Å²) in [7, 11) is 0. The zero-order valence-electron chi connectivity index (χ0n) is 11.3. The van der Waals surface area contributed by atoms with E-state index in [0.717, 1.165) is 18.7 Å². The van der Waals surface area contributed by atoms with E-state index in [1.165, 1.54) is 11.3 Å². The summed E-state index contributed by atoms with van der Waals surface area (Å²) in [5.41, 5.74) is 8.46. The molecule has 4 nitrogen and oxygen atoms in total. The van der Waals surface area contributed by atoms with Gasteiger partial charge in [0.15, 0.2) is 0 Å². The molecule has 2 aromatic rings. The van der Waals surface area contributed by atoms with Crippen molar-refractivity contribution in [3.05, 3.63) is 41.7 Å². The van der Waals surface area contributed by atoms with Crippen LogP contribution in [-0.2, 0) is 6.42 Å². The van der Waals surface area contributed by atoms with E-state index in [9.17, 15) is 0 Å². The van der Waals surface area contributed by atoms with Crippen LogP contribution in [0.5, 0.6) is 0 Å². The topological polar surface area (TPSA) is 55.0 Å². The Morgan fingerprint density at radius 1 is 1.26 bits per heavy atom. The molecule has 0 spiro atoms. The van der Waals surface area contributed by atoms with Gasteiger partial charge >= 0.3 is 0 Å². The van der Waals surface area contributed by atoms with E-state index in [2.05, 4.69) is 46.1 Å². The number of nitrogen functional groups attached to an aromatic ring is 1. The Balaban J connectivity index is 2.13. The van der Waals surface area contributed by atoms with Gasteiger partial charge in [-0.3, -0.25) is 0 Å². The van der Waals surface area contributed by atoms with Gasteiger partial charge < -0.3 is 10.6 Å². The van der Waals surface area contributed by atoms with Crippen LogP contribution in [0.25, 0.3) is 0 Å². The molecule has 4 heteroatoms. The van der Waals surface area contributed by atoms with Crippen molar-refractivity contribution in [2.75, 3.05) is 10.6 Å². The molecule has 0 fully saturated rings. The SMILES string of the molecule is Cc1nc(N)cc(N2c3ccccc3CCC2C)n1. The van der Waals surface area contributed by atoms with Gasteiger partial charge in [0.25, 0.3) is 0 Å². The number of nitrogens with two attached hydrogens (primary N) is 1. The maximum Gasteiger partial charge on any atom is 0.139 e. The number of hydrogen-bond acceptors (Lipinski definition) is 4. The molecule has 1 atom stereocenters. The largest absolute Gasteiger partial charge is 0.384 e. The predicted octanol–water partition coefficient (Wildman–Crippen LogP) is 2.84. The van der Waals surface area contributed by atoms with Crippen molar-refractivity contribution >= 4 is 17.3 Å². The van der Waals surface area contributed by atoms with Gasteiger partial charge in [-0.25, -0.2) is 9.97 Å². The van der Waals surface area contributed by atoms with E-state index < -0.39 is 0 Å². The monoisotopic (exact) mass is 254 g/mol. The zero-order chi connectivity index (χ0) is 13.4. The molecule has 0 aliphatic carbocycles. The van der Waals surface area contributed by atoms with Crippen molar-refractivity contribution < 1.29 is 0 Å². The minimum Gasteiger partial charge on any atom is -0.384 e. The Hall–Kier alpha value is -2.10. The number of anilines is 3. The molecular weight excluding hydrogens is 236 g/mol. The van der Waals surface area contributed by atoms with Gasteiger partial charge in [0, 0.05) is 17.8 Å². The van der Waals surface area contributed by atoms with Crippen LogP contribution in [-0.4, -0.2) is 16.0 Å².